The minimum Gasteiger partial charge on any atom is -0.468 e. The van der Waals surface area contributed by atoms with Gasteiger partial charge in [0.25, 0.3) is 0 Å². The largest absolute Gasteiger partial charge is 0.468 e. The summed E-state index contributed by atoms with van der Waals surface area (Å²) in [5.41, 5.74) is -1.62. The molecule has 22 heavy (non-hydrogen) atoms. The van der Waals surface area contributed by atoms with E-state index in [9.17, 15) is 9.59 Å². The lowest BCUT2D eigenvalue weighted by molar-refractivity contribution is -0.168. The number of hydrogen-bond acceptors (Lipinski definition) is 5. The Labute approximate surface area is 133 Å². The van der Waals surface area contributed by atoms with E-state index >= 15 is 0 Å². The third-order valence-electron chi connectivity index (χ3n) is 2.80. The van der Waals surface area contributed by atoms with Crippen molar-refractivity contribution < 1.29 is 19.1 Å². The van der Waals surface area contributed by atoms with E-state index in [0.29, 0.717) is 0 Å². The van der Waals surface area contributed by atoms with Crippen molar-refractivity contribution in [2.75, 3.05) is 14.2 Å². The summed E-state index contributed by atoms with van der Waals surface area (Å²) in [4.78, 5) is 24.8. The minimum absolute atomic E-state index is 0.115. The molecule has 112 valence electrons. The van der Waals surface area contributed by atoms with Crippen LogP contribution in [0.25, 0.3) is 0 Å². The number of methoxy groups -OCH3 is 2. The number of carbonyl (C=O) groups excluding carboxylic acids is 2. The standard InChI is InChI=1S/C17H14O4S/c1-4-11-17(15(18)20-2,16(19)21-3)12-7-5-6-9-14-10-8-13-22-14/h1,8,10,13H,11-12H2,2-3H3. The first kappa shape index (κ1) is 17.4. The van der Waals surface area contributed by atoms with Crippen LogP contribution in [-0.4, -0.2) is 26.2 Å². The predicted octanol–water partition coefficient (Wildman–Crippen LogP) is 1.85. The van der Waals surface area contributed by atoms with E-state index in [-0.39, 0.29) is 12.8 Å². The third kappa shape index (κ3) is 4.16. The summed E-state index contributed by atoms with van der Waals surface area (Å²) in [6.07, 6.45) is 4.99. The van der Waals surface area contributed by atoms with E-state index in [1.807, 2.05) is 17.5 Å². The Hall–Kier alpha value is -2.68. The second kappa shape index (κ2) is 8.57. The fraction of sp³-hybridized carbons (Fsp3) is 0.294. The molecule has 0 aliphatic heterocycles. The van der Waals surface area contributed by atoms with Crippen LogP contribution < -0.4 is 0 Å². The average Bonchev–Trinajstić information content (AvgIpc) is 3.05. The van der Waals surface area contributed by atoms with Crippen molar-refractivity contribution >= 4 is 23.3 Å². The maximum atomic E-state index is 12.0. The summed E-state index contributed by atoms with van der Waals surface area (Å²) in [7, 11) is 2.36. The van der Waals surface area contributed by atoms with Gasteiger partial charge in [-0.25, -0.2) is 0 Å². The molecule has 1 heterocycles. The highest BCUT2D eigenvalue weighted by atomic mass is 32.1. The van der Waals surface area contributed by atoms with Gasteiger partial charge in [0, 0.05) is 12.8 Å². The van der Waals surface area contributed by atoms with Gasteiger partial charge in [-0.2, -0.15) is 0 Å². The highest BCUT2D eigenvalue weighted by molar-refractivity contribution is 7.10. The molecule has 0 aliphatic carbocycles. The Balaban J connectivity index is 2.97. The first-order valence-corrected chi connectivity index (χ1v) is 7.11. The normalized spacial score (nSPS) is 9.32. The molecule has 0 bridgehead atoms. The quantitative estimate of drug-likeness (QED) is 0.483. The molecule has 5 heteroatoms. The van der Waals surface area contributed by atoms with Crippen LogP contribution in [0.3, 0.4) is 0 Å². The van der Waals surface area contributed by atoms with Gasteiger partial charge in [0.05, 0.1) is 19.1 Å². The Bertz CT molecular complexity index is 671. The molecule has 0 saturated carbocycles. The van der Waals surface area contributed by atoms with Crippen LogP contribution >= 0.6 is 11.3 Å². The highest BCUT2D eigenvalue weighted by Crippen LogP contribution is 2.29. The first-order valence-electron chi connectivity index (χ1n) is 6.23. The average molecular weight is 314 g/mol. The van der Waals surface area contributed by atoms with Crippen LogP contribution in [0.2, 0.25) is 0 Å². The van der Waals surface area contributed by atoms with E-state index in [1.54, 1.807) is 0 Å². The number of hydrogen-bond donors (Lipinski definition) is 0. The second-order valence-corrected chi connectivity index (χ2v) is 5.10. The second-order valence-electron chi connectivity index (χ2n) is 4.15. The summed E-state index contributed by atoms with van der Waals surface area (Å²) in [5, 5.41) is 1.91. The van der Waals surface area contributed by atoms with Crippen LogP contribution in [0.5, 0.6) is 0 Å². The molecule has 1 rings (SSSR count). The summed E-state index contributed by atoms with van der Waals surface area (Å²) in [6, 6.07) is 3.75. The first-order chi connectivity index (χ1) is 10.6. The minimum atomic E-state index is -1.62. The molecule has 0 radical (unpaired) electrons. The van der Waals surface area contributed by atoms with Crippen LogP contribution in [0.4, 0.5) is 0 Å². The topological polar surface area (TPSA) is 52.6 Å². The fourth-order valence-electron chi connectivity index (χ4n) is 1.68. The smallest absolute Gasteiger partial charge is 0.325 e. The van der Waals surface area contributed by atoms with E-state index in [0.717, 1.165) is 4.88 Å². The number of thiophene rings is 1. The van der Waals surface area contributed by atoms with Crippen LogP contribution in [0, 0.1) is 41.4 Å². The molecule has 0 spiro atoms. The Morgan fingerprint density at radius 1 is 1.23 bits per heavy atom. The van der Waals surface area contributed by atoms with E-state index in [2.05, 4.69) is 39.1 Å². The van der Waals surface area contributed by atoms with Gasteiger partial charge in [-0.15, -0.1) is 23.7 Å². The van der Waals surface area contributed by atoms with Gasteiger partial charge < -0.3 is 9.47 Å². The van der Waals surface area contributed by atoms with Gasteiger partial charge in [0.15, 0.2) is 5.41 Å². The van der Waals surface area contributed by atoms with Crippen molar-refractivity contribution in [3.05, 3.63) is 22.4 Å². The molecular formula is C17H14O4S. The van der Waals surface area contributed by atoms with Gasteiger partial charge in [-0.05, 0) is 29.2 Å². The molecule has 0 fully saturated rings. The summed E-state index contributed by atoms with van der Waals surface area (Å²) >= 11 is 1.50. The van der Waals surface area contributed by atoms with E-state index in [1.165, 1.54) is 25.6 Å². The van der Waals surface area contributed by atoms with Crippen molar-refractivity contribution in [3.8, 4) is 36.0 Å². The lowest BCUT2D eigenvalue weighted by Crippen LogP contribution is -2.40. The van der Waals surface area contributed by atoms with Crippen molar-refractivity contribution in [3.63, 3.8) is 0 Å². The Morgan fingerprint density at radius 2 is 1.91 bits per heavy atom. The van der Waals surface area contributed by atoms with Gasteiger partial charge >= 0.3 is 11.9 Å². The van der Waals surface area contributed by atoms with E-state index in [4.69, 9.17) is 6.42 Å². The Morgan fingerprint density at radius 3 is 2.41 bits per heavy atom. The zero-order valence-electron chi connectivity index (χ0n) is 12.3. The monoisotopic (exact) mass is 314 g/mol. The molecule has 0 atom stereocenters. The third-order valence-corrected chi connectivity index (χ3v) is 3.59. The van der Waals surface area contributed by atoms with Crippen LogP contribution in [0.1, 0.15) is 17.7 Å². The zero-order valence-corrected chi connectivity index (χ0v) is 13.1. The predicted molar refractivity (Wildman–Crippen MR) is 83.5 cm³/mol. The van der Waals surface area contributed by atoms with Gasteiger partial charge in [-0.3, -0.25) is 9.59 Å². The summed E-state index contributed by atoms with van der Waals surface area (Å²) < 4.78 is 9.34. The summed E-state index contributed by atoms with van der Waals surface area (Å²) in [6.45, 7) is 0. The molecule has 0 aliphatic rings. The number of ether oxygens (including phenoxy) is 2. The highest BCUT2D eigenvalue weighted by Gasteiger charge is 2.47. The number of carbonyl (C=O) groups is 2. The van der Waals surface area contributed by atoms with Crippen LogP contribution in [0.15, 0.2) is 17.5 Å². The van der Waals surface area contributed by atoms with Gasteiger partial charge in [0.1, 0.15) is 0 Å². The van der Waals surface area contributed by atoms with Crippen LogP contribution in [-0.2, 0) is 19.1 Å². The molecule has 0 amide bonds. The molecule has 0 unspecified atom stereocenters. The summed E-state index contributed by atoms with van der Waals surface area (Å²) in [5.74, 6) is 11.6. The lowest BCUT2D eigenvalue weighted by atomic mass is 9.81. The van der Waals surface area contributed by atoms with Gasteiger partial charge in [0.2, 0.25) is 0 Å². The SMILES string of the molecule is C#CCC(CC#CC#Cc1cccs1)(C(=O)OC)C(=O)OC. The van der Waals surface area contributed by atoms with Crippen molar-refractivity contribution in [2.45, 2.75) is 12.8 Å². The van der Waals surface area contributed by atoms with Crippen molar-refractivity contribution in [2.24, 2.45) is 5.41 Å². The molecule has 1 aromatic heterocycles. The van der Waals surface area contributed by atoms with Crippen molar-refractivity contribution in [1.29, 1.82) is 0 Å². The lowest BCUT2D eigenvalue weighted by Gasteiger charge is -2.23. The van der Waals surface area contributed by atoms with E-state index < -0.39 is 17.4 Å². The maximum Gasteiger partial charge on any atom is 0.325 e. The fourth-order valence-corrected chi connectivity index (χ4v) is 2.25. The molecule has 4 nitrogen and oxygen atoms in total. The number of terminal acetylenes is 1. The Kier molecular flexibility index (Phi) is 6.77. The van der Waals surface area contributed by atoms with Crippen molar-refractivity contribution in [1.82, 2.24) is 0 Å². The molecule has 0 aromatic carbocycles. The van der Waals surface area contributed by atoms with Gasteiger partial charge in [-0.1, -0.05) is 12.0 Å². The molecule has 0 saturated heterocycles. The molecule has 1 aromatic rings. The molecule has 0 N–H and O–H groups in total. The zero-order chi connectivity index (χ0) is 16.4. The maximum absolute atomic E-state index is 12.0. The number of esters is 2. The number of rotatable bonds is 4. The molecular weight excluding hydrogens is 300 g/mol.